The Labute approximate surface area is 126 Å². The molecule has 21 heavy (non-hydrogen) atoms. The first-order valence-electron chi connectivity index (χ1n) is 6.27. The van der Waals surface area contributed by atoms with Crippen LogP contribution in [0.3, 0.4) is 0 Å². The SMILES string of the molecule is CO/N=C1\c2cnc(-c3ccc(Cl)cc3)cc2C(=O)N1C. The molecule has 0 fully saturated rings. The maximum Gasteiger partial charge on any atom is 0.260 e. The van der Waals surface area contributed by atoms with Gasteiger partial charge in [-0.1, -0.05) is 28.9 Å². The average molecular weight is 302 g/mol. The number of amides is 1. The largest absolute Gasteiger partial charge is 0.397 e. The number of hydrogen-bond acceptors (Lipinski definition) is 4. The first-order valence-corrected chi connectivity index (χ1v) is 6.65. The van der Waals surface area contributed by atoms with Crippen LogP contribution in [0.1, 0.15) is 15.9 Å². The van der Waals surface area contributed by atoms with Crippen LogP contribution >= 0.6 is 11.6 Å². The van der Waals surface area contributed by atoms with Crippen LogP contribution in [0.5, 0.6) is 0 Å². The molecule has 0 saturated heterocycles. The molecule has 0 atom stereocenters. The van der Waals surface area contributed by atoms with Gasteiger partial charge in [0.25, 0.3) is 5.91 Å². The van der Waals surface area contributed by atoms with Crippen molar-refractivity contribution in [3.63, 3.8) is 0 Å². The van der Waals surface area contributed by atoms with Gasteiger partial charge in [-0.2, -0.15) is 0 Å². The third-order valence-corrected chi connectivity index (χ3v) is 3.57. The van der Waals surface area contributed by atoms with E-state index in [0.29, 0.717) is 27.7 Å². The Kier molecular flexibility index (Phi) is 3.35. The lowest BCUT2D eigenvalue weighted by Gasteiger charge is -2.07. The van der Waals surface area contributed by atoms with Gasteiger partial charge in [-0.05, 0) is 18.2 Å². The van der Waals surface area contributed by atoms with Crippen molar-refractivity contribution in [2.24, 2.45) is 5.16 Å². The number of fused-ring (bicyclic) bond motifs is 1. The zero-order valence-electron chi connectivity index (χ0n) is 11.5. The molecule has 2 heterocycles. The molecule has 1 aromatic heterocycles. The van der Waals surface area contributed by atoms with Crippen molar-refractivity contribution >= 4 is 23.3 Å². The summed E-state index contributed by atoms with van der Waals surface area (Å²) >= 11 is 5.88. The third kappa shape index (κ3) is 2.25. The molecule has 6 heteroatoms. The van der Waals surface area contributed by atoms with Gasteiger partial charge in [0.15, 0.2) is 5.84 Å². The molecule has 106 valence electrons. The third-order valence-electron chi connectivity index (χ3n) is 3.32. The van der Waals surface area contributed by atoms with Crippen LogP contribution in [-0.4, -0.2) is 35.8 Å². The van der Waals surface area contributed by atoms with Gasteiger partial charge < -0.3 is 4.84 Å². The van der Waals surface area contributed by atoms with Crippen LogP contribution in [0.2, 0.25) is 5.02 Å². The molecule has 0 saturated carbocycles. The molecule has 0 N–H and O–H groups in total. The molecule has 0 aliphatic carbocycles. The van der Waals surface area contributed by atoms with E-state index in [2.05, 4.69) is 10.1 Å². The van der Waals surface area contributed by atoms with Gasteiger partial charge in [0, 0.05) is 23.8 Å². The van der Waals surface area contributed by atoms with E-state index >= 15 is 0 Å². The number of carbonyl (C=O) groups excluding carboxylic acids is 1. The molecule has 0 radical (unpaired) electrons. The number of aromatic nitrogens is 1. The molecular formula is C15H12ClN3O2. The van der Waals surface area contributed by atoms with E-state index in [1.54, 1.807) is 31.4 Å². The lowest BCUT2D eigenvalue weighted by molar-refractivity contribution is 0.0877. The van der Waals surface area contributed by atoms with Gasteiger partial charge in [-0.25, -0.2) is 0 Å². The predicted octanol–water partition coefficient (Wildman–Crippen LogP) is 2.80. The van der Waals surface area contributed by atoms with Gasteiger partial charge in [0.05, 0.1) is 16.8 Å². The van der Waals surface area contributed by atoms with Crippen LogP contribution in [0, 0.1) is 0 Å². The molecule has 1 aliphatic heterocycles. The standard InChI is InChI=1S/C15H12ClN3O2/c1-19-14(18-21-2)12-8-17-13(7-11(12)15(19)20)9-3-5-10(16)6-4-9/h3-8H,1-2H3/b18-14+. The van der Waals surface area contributed by atoms with E-state index in [4.69, 9.17) is 16.4 Å². The molecule has 3 rings (SSSR count). The minimum Gasteiger partial charge on any atom is -0.397 e. The van der Waals surface area contributed by atoms with Crippen molar-refractivity contribution in [2.75, 3.05) is 14.2 Å². The van der Waals surface area contributed by atoms with Gasteiger partial charge >= 0.3 is 0 Å². The topological polar surface area (TPSA) is 54.8 Å². The van der Waals surface area contributed by atoms with Crippen molar-refractivity contribution in [3.8, 4) is 11.3 Å². The summed E-state index contributed by atoms with van der Waals surface area (Å²) < 4.78 is 0. The van der Waals surface area contributed by atoms with Gasteiger partial charge in [0.2, 0.25) is 0 Å². The Balaban J connectivity index is 2.09. The number of benzene rings is 1. The second-order valence-electron chi connectivity index (χ2n) is 4.58. The minimum absolute atomic E-state index is 0.126. The summed E-state index contributed by atoms with van der Waals surface area (Å²) in [5.74, 6) is 0.339. The highest BCUT2D eigenvalue weighted by Gasteiger charge is 2.32. The number of nitrogens with zero attached hydrogens (tertiary/aromatic N) is 3. The van der Waals surface area contributed by atoms with Crippen molar-refractivity contribution in [1.29, 1.82) is 0 Å². The number of pyridine rings is 1. The molecule has 0 spiro atoms. The maximum atomic E-state index is 12.3. The molecule has 5 nitrogen and oxygen atoms in total. The molecule has 2 aromatic rings. The number of rotatable bonds is 2. The Morgan fingerprint density at radius 1 is 1.24 bits per heavy atom. The first kappa shape index (κ1) is 13.6. The average Bonchev–Trinajstić information content (AvgIpc) is 2.73. The van der Waals surface area contributed by atoms with E-state index in [1.807, 2.05) is 12.1 Å². The van der Waals surface area contributed by atoms with E-state index < -0.39 is 0 Å². The number of carbonyl (C=O) groups is 1. The fourth-order valence-electron chi connectivity index (χ4n) is 2.24. The highest BCUT2D eigenvalue weighted by Crippen LogP contribution is 2.27. The van der Waals surface area contributed by atoms with E-state index in [1.165, 1.54) is 12.0 Å². The fraction of sp³-hybridized carbons (Fsp3) is 0.133. The van der Waals surface area contributed by atoms with Crippen LogP contribution in [0.15, 0.2) is 41.7 Å². The normalized spacial score (nSPS) is 15.5. The molecule has 1 aromatic carbocycles. The van der Waals surface area contributed by atoms with E-state index in [9.17, 15) is 4.79 Å². The Morgan fingerprint density at radius 2 is 1.95 bits per heavy atom. The van der Waals surface area contributed by atoms with Crippen molar-refractivity contribution < 1.29 is 9.63 Å². The summed E-state index contributed by atoms with van der Waals surface area (Å²) in [4.78, 5) is 22.9. The monoisotopic (exact) mass is 301 g/mol. The summed E-state index contributed by atoms with van der Waals surface area (Å²) in [5, 5.41) is 4.53. The zero-order valence-corrected chi connectivity index (χ0v) is 12.3. The molecule has 1 aliphatic rings. The second-order valence-corrected chi connectivity index (χ2v) is 5.02. The maximum absolute atomic E-state index is 12.3. The molecule has 0 unspecified atom stereocenters. The highest BCUT2D eigenvalue weighted by molar-refractivity contribution is 6.30. The summed E-state index contributed by atoms with van der Waals surface area (Å²) in [6.07, 6.45) is 1.64. The number of amidine groups is 1. The van der Waals surface area contributed by atoms with Crippen LogP contribution < -0.4 is 0 Å². The first-order chi connectivity index (χ1) is 10.1. The summed E-state index contributed by atoms with van der Waals surface area (Å²) in [5.41, 5.74) is 2.84. The second kappa shape index (κ2) is 5.18. The number of hydrogen-bond donors (Lipinski definition) is 0. The molecular weight excluding hydrogens is 290 g/mol. The van der Waals surface area contributed by atoms with Gasteiger partial charge in [-0.15, -0.1) is 0 Å². The predicted molar refractivity (Wildman–Crippen MR) is 80.3 cm³/mol. The number of halogens is 1. The zero-order chi connectivity index (χ0) is 15.0. The molecule has 1 amide bonds. The van der Waals surface area contributed by atoms with Crippen molar-refractivity contribution in [2.45, 2.75) is 0 Å². The lowest BCUT2D eigenvalue weighted by Crippen LogP contribution is -2.25. The summed E-state index contributed by atoms with van der Waals surface area (Å²) in [6.45, 7) is 0. The van der Waals surface area contributed by atoms with Crippen LogP contribution in [0.25, 0.3) is 11.3 Å². The highest BCUT2D eigenvalue weighted by atomic mass is 35.5. The summed E-state index contributed by atoms with van der Waals surface area (Å²) in [6, 6.07) is 9.07. The van der Waals surface area contributed by atoms with Crippen LogP contribution in [-0.2, 0) is 4.84 Å². The van der Waals surface area contributed by atoms with Crippen LogP contribution in [0.4, 0.5) is 0 Å². The summed E-state index contributed by atoms with van der Waals surface area (Å²) in [7, 11) is 3.10. The Hall–Kier alpha value is -2.40. The van der Waals surface area contributed by atoms with Gasteiger partial charge in [-0.3, -0.25) is 14.7 Å². The van der Waals surface area contributed by atoms with Crippen molar-refractivity contribution in [3.05, 3.63) is 52.7 Å². The van der Waals surface area contributed by atoms with Crippen molar-refractivity contribution in [1.82, 2.24) is 9.88 Å². The Morgan fingerprint density at radius 3 is 2.62 bits per heavy atom. The van der Waals surface area contributed by atoms with E-state index in [-0.39, 0.29) is 5.91 Å². The molecule has 0 bridgehead atoms. The Bertz CT molecular complexity index is 741. The van der Waals surface area contributed by atoms with Gasteiger partial charge in [0.1, 0.15) is 7.11 Å². The number of oxime groups is 1. The minimum atomic E-state index is -0.126. The van der Waals surface area contributed by atoms with E-state index in [0.717, 1.165) is 5.56 Å². The smallest absolute Gasteiger partial charge is 0.260 e. The quantitative estimate of drug-likeness (QED) is 0.802. The lowest BCUT2D eigenvalue weighted by atomic mass is 10.1. The fourth-order valence-corrected chi connectivity index (χ4v) is 2.37.